The predicted octanol–water partition coefficient (Wildman–Crippen LogP) is 6.67. The first-order chi connectivity index (χ1) is 16.2. The van der Waals surface area contributed by atoms with Crippen LogP contribution in [-0.4, -0.2) is 48.4 Å². The minimum atomic E-state index is 0.121. The lowest BCUT2D eigenvalue weighted by Gasteiger charge is -2.58. The Morgan fingerprint density at radius 1 is 1.06 bits per heavy atom. The van der Waals surface area contributed by atoms with Gasteiger partial charge in [-0.25, -0.2) is 0 Å². The number of fused-ring (bicyclic) bond motifs is 4. The van der Waals surface area contributed by atoms with Crippen molar-refractivity contribution < 1.29 is 4.79 Å². The zero-order chi connectivity index (χ0) is 23.8. The molecule has 1 heterocycles. The van der Waals surface area contributed by atoms with E-state index in [0.717, 1.165) is 48.1 Å². The van der Waals surface area contributed by atoms with Gasteiger partial charge in [0.15, 0.2) is 0 Å². The van der Waals surface area contributed by atoms with Crippen molar-refractivity contribution in [2.75, 3.05) is 20.6 Å². The van der Waals surface area contributed by atoms with Gasteiger partial charge in [-0.2, -0.15) is 0 Å². The number of allylic oxidation sites excluding steroid dienone is 1. The number of rotatable bonds is 2. The normalized spacial score (nSPS) is 43.4. The Morgan fingerprint density at radius 2 is 1.79 bits per heavy atom. The summed E-state index contributed by atoms with van der Waals surface area (Å²) in [6.45, 7) is 6.40. The Labute approximate surface area is 210 Å². The molecule has 1 aliphatic heterocycles. The molecule has 0 radical (unpaired) electrons. The topological polar surface area (TPSA) is 23.6 Å². The molecule has 5 aliphatic rings. The Kier molecular flexibility index (Phi) is 5.50. The molecule has 34 heavy (non-hydrogen) atoms. The van der Waals surface area contributed by atoms with Crippen molar-refractivity contribution in [1.82, 2.24) is 9.80 Å². The van der Waals surface area contributed by atoms with Crippen molar-refractivity contribution in [3.8, 4) is 0 Å². The van der Waals surface area contributed by atoms with E-state index in [4.69, 9.17) is 11.6 Å². The molecule has 6 rings (SSSR count). The fourth-order valence-electron chi connectivity index (χ4n) is 9.74. The molecule has 1 saturated heterocycles. The van der Waals surface area contributed by atoms with Gasteiger partial charge in [0, 0.05) is 36.3 Å². The van der Waals surface area contributed by atoms with Crippen molar-refractivity contribution in [3.05, 3.63) is 46.5 Å². The molecule has 4 fully saturated rings. The van der Waals surface area contributed by atoms with Gasteiger partial charge in [0.2, 0.25) is 0 Å². The van der Waals surface area contributed by atoms with Gasteiger partial charge < -0.3 is 9.80 Å². The zero-order valence-corrected chi connectivity index (χ0v) is 22.2. The lowest BCUT2D eigenvalue weighted by atomic mass is 9.47. The van der Waals surface area contributed by atoms with E-state index < -0.39 is 0 Å². The van der Waals surface area contributed by atoms with Crippen LogP contribution >= 0.6 is 11.6 Å². The van der Waals surface area contributed by atoms with E-state index in [9.17, 15) is 4.79 Å². The molecule has 8 atom stereocenters. The van der Waals surface area contributed by atoms with Crippen LogP contribution in [0.3, 0.4) is 0 Å². The first-order valence-corrected chi connectivity index (χ1v) is 14.0. The zero-order valence-electron chi connectivity index (χ0n) is 21.4. The number of benzene rings is 1. The third-order valence-electron chi connectivity index (χ3n) is 11.6. The van der Waals surface area contributed by atoms with Crippen LogP contribution in [-0.2, 0) is 0 Å². The van der Waals surface area contributed by atoms with Crippen molar-refractivity contribution in [2.24, 2.45) is 34.5 Å². The number of hydrogen-bond donors (Lipinski definition) is 0. The second-order valence-corrected chi connectivity index (χ2v) is 13.1. The summed E-state index contributed by atoms with van der Waals surface area (Å²) in [5.74, 6) is 3.67. The fourth-order valence-corrected chi connectivity index (χ4v) is 9.86. The molecule has 1 aromatic rings. The van der Waals surface area contributed by atoms with E-state index in [0.29, 0.717) is 21.9 Å². The van der Waals surface area contributed by atoms with E-state index in [-0.39, 0.29) is 5.91 Å². The third kappa shape index (κ3) is 3.22. The third-order valence-corrected chi connectivity index (χ3v) is 11.9. The largest absolute Gasteiger partial charge is 0.338 e. The highest BCUT2D eigenvalue weighted by atomic mass is 35.5. The van der Waals surface area contributed by atoms with E-state index in [2.05, 4.69) is 31.9 Å². The first-order valence-electron chi connectivity index (χ1n) is 13.7. The maximum atomic E-state index is 13.2. The standard InChI is InChI=1S/C30H41ClN2O/c1-19-25-11-12-27-24-10-7-21-17-23(33(4)28(34)20-5-8-22(31)9-6-20)13-15-29(21,2)26(24)14-16-30(25,27)18-32(19)3/h5-9,19,23-27H,10-18H2,1-4H3. The van der Waals surface area contributed by atoms with Gasteiger partial charge in [0.25, 0.3) is 5.91 Å². The lowest BCUT2D eigenvalue weighted by Crippen LogP contribution is -2.53. The lowest BCUT2D eigenvalue weighted by molar-refractivity contribution is -0.0430. The molecule has 1 aromatic carbocycles. The van der Waals surface area contributed by atoms with Crippen LogP contribution in [0.4, 0.5) is 0 Å². The van der Waals surface area contributed by atoms with E-state index in [1.54, 1.807) is 5.57 Å². The molecule has 4 heteroatoms. The van der Waals surface area contributed by atoms with Gasteiger partial charge in [-0.15, -0.1) is 0 Å². The Hall–Kier alpha value is -1.32. The second-order valence-electron chi connectivity index (χ2n) is 12.7. The van der Waals surface area contributed by atoms with Gasteiger partial charge in [0.1, 0.15) is 0 Å². The summed E-state index contributed by atoms with van der Waals surface area (Å²) in [6.07, 6.45) is 13.1. The smallest absolute Gasteiger partial charge is 0.253 e. The van der Waals surface area contributed by atoms with Crippen LogP contribution in [0.1, 0.15) is 75.6 Å². The van der Waals surface area contributed by atoms with E-state index in [1.807, 2.05) is 36.2 Å². The van der Waals surface area contributed by atoms with Crippen LogP contribution < -0.4 is 0 Å². The van der Waals surface area contributed by atoms with Crippen LogP contribution in [0.15, 0.2) is 35.9 Å². The second kappa shape index (κ2) is 8.10. The molecule has 0 bridgehead atoms. The highest BCUT2D eigenvalue weighted by Crippen LogP contribution is 2.68. The molecule has 3 nitrogen and oxygen atoms in total. The number of likely N-dealkylation sites (tertiary alicyclic amines) is 1. The molecule has 1 amide bonds. The van der Waals surface area contributed by atoms with Crippen LogP contribution in [0.25, 0.3) is 0 Å². The van der Waals surface area contributed by atoms with Gasteiger partial charge in [-0.05, 0) is 124 Å². The molecule has 3 saturated carbocycles. The molecule has 8 unspecified atom stereocenters. The number of halogens is 1. The number of amides is 1. The molecular weight excluding hydrogens is 440 g/mol. The van der Waals surface area contributed by atoms with Gasteiger partial charge in [-0.1, -0.05) is 30.2 Å². The number of hydrogen-bond acceptors (Lipinski definition) is 2. The van der Waals surface area contributed by atoms with Crippen molar-refractivity contribution in [2.45, 2.75) is 77.3 Å². The average Bonchev–Trinajstić information content (AvgIpc) is 3.31. The van der Waals surface area contributed by atoms with Crippen molar-refractivity contribution >= 4 is 17.5 Å². The van der Waals surface area contributed by atoms with Crippen LogP contribution in [0.2, 0.25) is 5.02 Å². The van der Waals surface area contributed by atoms with Gasteiger partial charge in [-0.3, -0.25) is 4.79 Å². The minimum Gasteiger partial charge on any atom is -0.338 e. The summed E-state index contributed by atoms with van der Waals surface area (Å²) >= 11 is 6.03. The van der Waals surface area contributed by atoms with Crippen LogP contribution in [0, 0.1) is 34.5 Å². The van der Waals surface area contributed by atoms with E-state index >= 15 is 0 Å². The summed E-state index contributed by atoms with van der Waals surface area (Å²) in [5.41, 5.74) is 3.32. The highest BCUT2D eigenvalue weighted by molar-refractivity contribution is 6.30. The summed E-state index contributed by atoms with van der Waals surface area (Å²) in [6, 6.07) is 8.40. The average molecular weight is 481 g/mol. The summed E-state index contributed by atoms with van der Waals surface area (Å²) in [4.78, 5) is 17.8. The fraction of sp³-hybridized carbons (Fsp3) is 0.700. The maximum absolute atomic E-state index is 13.2. The Bertz CT molecular complexity index is 1000. The summed E-state index contributed by atoms with van der Waals surface area (Å²) in [5, 5.41) is 0.677. The van der Waals surface area contributed by atoms with Crippen molar-refractivity contribution in [3.63, 3.8) is 0 Å². The molecular formula is C30H41ClN2O. The predicted molar refractivity (Wildman–Crippen MR) is 139 cm³/mol. The number of carbonyl (C=O) groups is 1. The van der Waals surface area contributed by atoms with Gasteiger partial charge >= 0.3 is 0 Å². The number of carbonyl (C=O) groups excluding carboxylic acids is 1. The molecule has 4 aliphatic carbocycles. The van der Waals surface area contributed by atoms with Gasteiger partial charge in [0.05, 0.1) is 0 Å². The maximum Gasteiger partial charge on any atom is 0.253 e. The number of nitrogens with zero attached hydrogens (tertiary/aromatic N) is 2. The monoisotopic (exact) mass is 480 g/mol. The molecule has 184 valence electrons. The molecule has 0 N–H and O–H groups in total. The summed E-state index contributed by atoms with van der Waals surface area (Å²) < 4.78 is 0. The van der Waals surface area contributed by atoms with Crippen molar-refractivity contribution in [1.29, 1.82) is 0 Å². The molecule has 0 aromatic heterocycles. The Morgan fingerprint density at radius 3 is 2.56 bits per heavy atom. The Balaban J connectivity index is 1.21. The first kappa shape index (κ1) is 23.1. The highest BCUT2D eigenvalue weighted by Gasteiger charge is 2.64. The molecule has 1 spiro atoms. The SMILES string of the molecule is CC1C2CCC3C4CC=C5CC(N(C)C(=O)c6ccc(Cl)cc6)CCC5(C)C4CCC32CN1C. The minimum absolute atomic E-state index is 0.121. The van der Waals surface area contributed by atoms with E-state index in [1.165, 1.54) is 45.1 Å². The quantitative estimate of drug-likeness (QED) is 0.441. The van der Waals surface area contributed by atoms with Crippen LogP contribution in [0.5, 0.6) is 0 Å². The summed E-state index contributed by atoms with van der Waals surface area (Å²) in [7, 11) is 4.36.